The Morgan fingerprint density at radius 3 is 2.53 bits per heavy atom. The number of benzene rings is 2. The lowest BCUT2D eigenvalue weighted by Crippen LogP contribution is -2.32. The molecule has 3 amide bonds. The molecule has 2 aromatic rings. The van der Waals surface area contributed by atoms with Gasteiger partial charge in [-0.3, -0.25) is 19.3 Å². The van der Waals surface area contributed by atoms with E-state index in [1.807, 2.05) is 31.2 Å². The van der Waals surface area contributed by atoms with E-state index in [1.165, 1.54) is 4.90 Å². The molecule has 2 aliphatic rings. The minimum Gasteiger partial charge on any atom is -0.486 e. The molecule has 0 aromatic heterocycles. The fourth-order valence-corrected chi connectivity index (χ4v) is 3.74. The molecule has 0 spiro atoms. The van der Waals surface area contributed by atoms with Gasteiger partial charge in [0, 0.05) is 26.6 Å². The SMILES string of the molecule is Cc1ccc2c(c1)C(=O)N(CCCC(=O)N(C)Cc1ccc3c(c1)OCCO3)C2=O. The molecule has 30 heavy (non-hydrogen) atoms. The first-order chi connectivity index (χ1) is 14.4. The molecular weight excluding hydrogens is 384 g/mol. The summed E-state index contributed by atoms with van der Waals surface area (Å²) in [6.07, 6.45) is 0.683. The van der Waals surface area contributed by atoms with Crippen molar-refractivity contribution in [3.05, 3.63) is 58.7 Å². The summed E-state index contributed by atoms with van der Waals surface area (Å²) in [5.74, 6) is 0.802. The van der Waals surface area contributed by atoms with Crippen LogP contribution in [-0.2, 0) is 11.3 Å². The minimum atomic E-state index is -0.285. The van der Waals surface area contributed by atoms with Crippen LogP contribution in [0.3, 0.4) is 0 Å². The van der Waals surface area contributed by atoms with E-state index in [0.29, 0.717) is 43.1 Å². The number of carbonyl (C=O) groups excluding carboxylic acids is 3. The van der Waals surface area contributed by atoms with E-state index in [1.54, 1.807) is 24.1 Å². The first-order valence-electron chi connectivity index (χ1n) is 10.0. The van der Waals surface area contributed by atoms with Crippen molar-refractivity contribution in [3.63, 3.8) is 0 Å². The first kappa shape index (κ1) is 19.9. The van der Waals surface area contributed by atoms with Crippen LogP contribution < -0.4 is 9.47 Å². The molecule has 0 saturated heterocycles. The second-order valence-electron chi connectivity index (χ2n) is 7.64. The molecule has 2 heterocycles. The van der Waals surface area contributed by atoms with E-state index in [9.17, 15) is 14.4 Å². The summed E-state index contributed by atoms with van der Waals surface area (Å²) in [6, 6.07) is 10.9. The third kappa shape index (κ3) is 3.87. The van der Waals surface area contributed by atoms with Gasteiger partial charge in [-0.05, 0) is 43.2 Å². The van der Waals surface area contributed by atoms with Crippen LogP contribution in [0.5, 0.6) is 11.5 Å². The number of aryl methyl sites for hydroxylation is 1. The van der Waals surface area contributed by atoms with Gasteiger partial charge in [-0.25, -0.2) is 0 Å². The predicted molar refractivity (Wildman–Crippen MR) is 110 cm³/mol. The first-order valence-corrected chi connectivity index (χ1v) is 10.0. The van der Waals surface area contributed by atoms with Crippen molar-refractivity contribution in [3.8, 4) is 11.5 Å². The van der Waals surface area contributed by atoms with Crippen LogP contribution in [0.2, 0.25) is 0 Å². The molecule has 0 fully saturated rings. The predicted octanol–water partition coefficient (Wildman–Crippen LogP) is 2.80. The van der Waals surface area contributed by atoms with Crippen LogP contribution in [0.1, 0.15) is 44.7 Å². The van der Waals surface area contributed by atoms with Gasteiger partial charge in [0.05, 0.1) is 11.1 Å². The van der Waals surface area contributed by atoms with Crippen LogP contribution in [0.15, 0.2) is 36.4 Å². The molecule has 2 aromatic carbocycles. The molecule has 0 atom stereocenters. The van der Waals surface area contributed by atoms with Crippen molar-refractivity contribution in [1.29, 1.82) is 0 Å². The van der Waals surface area contributed by atoms with Crippen LogP contribution in [0.25, 0.3) is 0 Å². The Hall–Kier alpha value is -3.35. The normalized spacial score (nSPS) is 14.7. The van der Waals surface area contributed by atoms with E-state index in [0.717, 1.165) is 16.9 Å². The molecule has 0 saturated carbocycles. The number of fused-ring (bicyclic) bond motifs is 2. The van der Waals surface area contributed by atoms with E-state index >= 15 is 0 Å². The molecule has 0 aliphatic carbocycles. The Morgan fingerprint density at radius 2 is 1.73 bits per heavy atom. The summed E-state index contributed by atoms with van der Waals surface area (Å²) in [4.78, 5) is 40.4. The minimum absolute atomic E-state index is 0.0441. The molecule has 4 rings (SSSR count). The van der Waals surface area contributed by atoms with Gasteiger partial charge in [0.15, 0.2) is 11.5 Å². The fourth-order valence-electron chi connectivity index (χ4n) is 3.74. The number of nitrogens with zero attached hydrogens (tertiary/aromatic N) is 2. The van der Waals surface area contributed by atoms with Gasteiger partial charge in [0.1, 0.15) is 13.2 Å². The summed E-state index contributed by atoms with van der Waals surface area (Å²) in [5.41, 5.74) is 2.77. The maximum atomic E-state index is 12.5. The molecular formula is C23H24N2O5. The molecule has 0 radical (unpaired) electrons. The molecule has 0 bridgehead atoms. The number of imide groups is 1. The second-order valence-corrected chi connectivity index (χ2v) is 7.64. The van der Waals surface area contributed by atoms with Crippen molar-refractivity contribution in [2.24, 2.45) is 0 Å². The van der Waals surface area contributed by atoms with Crippen LogP contribution in [0, 0.1) is 6.92 Å². The Bertz CT molecular complexity index is 1020. The van der Waals surface area contributed by atoms with E-state index in [4.69, 9.17) is 9.47 Å². The maximum Gasteiger partial charge on any atom is 0.261 e. The second kappa shape index (κ2) is 8.18. The maximum absolute atomic E-state index is 12.5. The number of carbonyl (C=O) groups is 3. The van der Waals surface area contributed by atoms with Crippen molar-refractivity contribution in [2.75, 3.05) is 26.8 Å². The van der Waals surface area contributed by atoms with Gasteiger partial charge in [-0.1, -0.05) is 17.7 Å². The van der Waals surface area contributed by atoms with Crippen molar-refractivity contribution >= 4 is 17.7 Å². The fraction of sp³-hybridized carbons (Fsp3) is 0.348. The molecule has 7 heteroatoms. The highest BCUT2D eigenvalue weighted by molar-refractivity contribution is 6.21. The molecule has 0 unspecified atom stereocenters. The Labute approximate surface area is 175 Å². The molecule has 7 nitrogen and oxygen atoms in total. The zero-order valence-electron chi connectivity index (χ0n) is 17.1. The van der Waals surface area contributed by atoms with Gasteiger partial charge in [0.2, 0.25) is 5.91 Å². The smallest absolute Gasteiger partial charge is 0.261 e. The van der Waals surface area contributed by atoms with Gasteiger partial charge in [0.25, 0.3) is 11.8 Å². The Morgan fingerprint density at radius 1 is 1.00 bits per heavy atom. The standard InChI is InChI=1S/C23H24N2O5/c1-15-5-7-17-18(12-15)23(28)25(22(17)27)9-3-4-21(26)24(2)14-16-6-8-19-20(13-16)30-11-10-29-19/h5-8,12-13H,3-4,9-11,14H2,1-2H3. The van der Waals surface area contributed by atoms with E-state index < -0.39 is 0 Å². The topological polar surface area (TPSA) is 76.2 Å². The lowest BCUT2D eigenvalue weighted by molar-refractivity contribution is -0.130. The number of hydrogen-bond acceptors (Lipinski definition) is 5. The lowest BCUT2D eigenvalue weighted by Gasteiger charge is -2.21. The molecule has 156 valence electrons. The summed E-state index contributed by atoms with van der Waals surface area (Å²) in [7, 11) is 1.74. The van der Waals surface area contributed by atoms with E-state index in [-0.39, 0.29) is 30.7 Å². The highest BCUT2D eigenvalue weighted by atomic mass is 16.6. The van der Waals surface area contributed by atoms with Crippen LogP contribution >= 0.6 is 0 Å². The molecule has 0 N–H and O–H groups in total. The Kier molecular flexibility index (Phi) is 5.44. The van der Waals surface area contributed by atoms with Crippen molar-refractivity contribution in [2.45, 2.75) is 26.3 Å². The van der Waals surface area contributed by atoms with Gasteiger partial charge in [-0.2, -0.15) is 0 Å². The van der Waals surface area contributed by atoms with Crippen molar-refractivity contribution < 1.29 is 23.9 Å². The summed E-state index contributed by atoms with van der Waals surface area (Å²) < 4.78 is 11.1. The highest BCUT2D eigenvalue weighted by Crippen LogP contribution is 2.31. The van der Waals surface area contributed by atoms with Crippen LogP contribution in [-0.4, -0.2) is 54.3 Å². The monoisotopic (exact) mass is 408 g/mol. The number of rotatable bonds is 6. The largest absolute Gasteiger partial charge is 0.486 e. The highest BCUT2D eigenvalue weighted by Gasteiger charge is 2.35. The average molecular weight is 408 g/mol. The van der Waals surface area contributed by atoms with Crippen LogP contribution in [0.4, 0.5) is 0 Å². The van der Waals surface area contributed by atoms with E-state index in [2.05, 4.69) is 0 Å². The third-order valence-electron chi connectivity index (χ3n) is 5.35. The van der Waals surface area contributed by atoms with Crippen molar-refractivity contribution in [1.82, 2.24) is 9.80 Å². The number of ether oxygens (including phenoxy) is 2. The summed E-state index contributed by atoms with van der Waals surface area (Å²) in [6.45, 7) is 3.62. The van der Waals surface area contributed by atoms with Gasteiger partial charge < -0.3 is 14.4 Å². The van der Waals surface area contributed by atoms with Gasteiger partial charge >= 0.3 is 0 Å². The van der Waals surface area contributed by atoms with Gasteiger partial charge in [-0.15, -0.1) is 0 Å². The molecule has 2 aliphatic heterocycles. The zero-order valence-corrected chi connectivity index (χ0v) is 17.1. The summed E-state index contributed by atoms with van der Waals surface area (Å²) >= 11 is 0. The number of amides is 3. The third-order valence-corrected chi connectivity index (χ3v) is 5.35. The lowest BCUT2D eigenvalue weighted by atomic mass is 10.1. The number of hydrogen-bond donors (Lipinski definition) is 0. The summed E-state index contributed by atoms with van der Waals surface area (Å²) in [5, 5.41) is 0. The quantitative estimate of drug-likeness (QED) is 0.687. The Balaban J connectivity index is 1.30. The zero-order chi connectivity index (χ0) is 21.3. The average Bonchev–Trinajstić information content (AvgIpc) is 2.97.